The molecule has 2 saturated carbocycles. The summed E-state index contributed by atoms with van der Waals surface area (Å²) in [6, 6.07) is 0.938. The smallest absolute Gasteiger partial charge is 0.234 e. The summed E-state index contributed by atoms with van der Waals surface area (Å²) in [5.41, 5.74) is 0. The Labute approximate surface area is 122 Å². The monoisotopic (exact) mass is 282 g/mol. The van der Waals surface area contributed by atoms with Gasteiger partial charge in [-0.25, -0.2) is 0 Å². The average Bonchev–Trinajstić information content (AvgIpc) is 2.36. The van der Waals surface area contributed by atoms with Crippen molar-refractivity contribution in [1.29, 1.82) is 0 Å². The Balaban J connectivity index is 1.77. The SMILES string of the molecule is CC1CCCCC1NC(=O)CN(CCCO)C1CCC1. The third kappa shape index (κ3) is 4.45. The molecule has 1 amide bonds. The van der Waals surface area contributed by atoms with Crippen LogP contribution in [0, 0.1) is 5.92 Å². The van der Waals surface area contributed by atoms with E-state index in [2.05, 4.69) is 17.1 Å². The van der Waals surface area contributed by atoms with Crippen LogP contribution in [0.1, 0.15) is 58.3 Å². The zero-order valence-corrected chi connectivity index (χ0v) is 12.8. The van der Waals surface area contributed by atoms with Crippen molar-refractivity contribution in [2.45, 2.75) is 70.4 Å². The van der Waals surface area contributed by atoms with Crippen molar-refractivity contribution in [3.8, 4) is 0 Å². The summed E-state index contributed by atoms with van der Waals surface area (Å²) in [5, 5.41) is 12.2. The van der Waals surface area contributed by atoms with E-state index < -0.39 is 0 Å². The summed E-state index contributed by atoms with van der Waals surface area (Å²) in [7, 11) is 0. The van der Waals surface area contributed by atoms with Gasteiger partial charge in [0.15, 0.2) is 0 Å². The highest BCUT2D eigenvalue weighted by molar-refractivity contribution is 5.78. The number of nitrogens with one attached hydrogen (secondary N) is 1. The summed E-state index contributed by atoms with van der Waals surface area (Å²) in [6.07, 6.45) is 9.38. The normalized spacial score (nSPS) is 27.4. The van der Waals surface area contributed by atoms with E-state index in [9.17, 15) is 4.79 Å². The molecule has 4 heteroatoms. The summed E-state index contributed by atoms with van der Waals surface area (Å²) in [4.78, 5) is 14.5. The molecule has 2 aliphatic rings. The van der Waals surface area contributed by atoms with Gasteiger partial charge in [-0.3, -0.25) is 9.69 Å². The minimum atomic E-state index is 0.175. The molecule has 20 heavy (non-hydrogen) atoms. The Kier molecular flexibility index (Phi) is 6.30. The molecule has 0 heterocycles. The standard InChI is InChI=1S/C16H30N2O2/c1-13-6-2-3-9-15(13)17-16(20)12-18(10-5-11-19)14-7-4-8-14/h13-15,19H,2-12H2,1H3,(H,17,20). The van der Waals surface area contributed by atoms with Gasteiger partial charge in [-0.05, 0) is 38.0 Å². The molecule has 4 nitrogen and oxygen atoms in total. The van der Waals surface area contributed by atoms with Crippen molar-refractivity contribution in [2.24, 2.45) is 5.92 Å². The molecule has 0 saturated heterocycles. The molecule has 0 aromatic rings. The van der Waals surface area contributed by atoms with E-state index in [1.165, 1.54) is 38.5 Å². The molecule has 2 N–H and O–H groups in total. The van der Waals surface area contributed by atoms with Crippen molar-refractivity contribution in [2.75, 3.05) is 19.7 Å². The molecule has 2 aliphatic carbocycles. The van der Waals surface area contributed by atoms with Crippen molar-refractivity contribution in [1.82, 2.24) is 10.2 Å². The molecule has 0 bridgehead atoms. The number of amides is 1. The number of carbonyl (C=O) groups is 1. The van der Waals surface area contributed by atoms with Crippen molar-refractivity contribution in [3.05, 3.63) is 0 Å². The third-order valence-corrected chi connectivity index (χ3v) is 5.00. The van der Waals surface area contributed by atoms with Crippen LogP contribution in [-0.4, -0.2) is 47.7 Å². The summed E-state index contributed by atoms with van der Waals surface area (Å²) in [6.45, 7) is 3.81. The van der Waals surface area contributed by atoms with Gasteiger partial charge in [0, 0.05) is 25.2 Å². The highest BCUT2D eigenvalue weighted by Crippen LogP contribution is 2.25. The fourth-order valence-corrected chi connectivity index (χ4v) is 3.38. The lowest BCUT2D eigenvalue weighted by atomic mass is 9.86. The number of hydrogen-bond donors (Lipinski definition) is 2. The van der Waals surface area contributed by atoms with Gasteiger partial charge in [-0.1, -0.05) is 26.2 Å². The van der Waals surface area contributed by atoms with Crippen molar-refractivity contribution in [3.63, 3.8) is 0 Å². The molecule has 0 aromatic carbocycles. The van der Waals surface area contributed by atoms with E-state index in [0.29, 0.717) is 24.5 Å². The minimum Gasteiger partial charge on any atom is -0.396 e. The maximum atomic E-state index is 12.3. The second kappa shape index (κ2) is 7.99. The molecular weight excluding hydrogens is 252 g/mol. The van der Waals surface area contributed by atoms with Crippen molar-refractivity contribution < 1.29 is 9.90 Å². The molecule has 0 radical (unpaired) electrons. The highest BCUT2D eigenvalue weighted by atomic mass is 16.3. The van der Waals surface area contributed by atoms with Gasteiger partial charge in [0.2, 0.25) is 5.91 Å². The highest BCUT2D eigenvalue weighted by Gasteiger charge is 2.28. The van der Waals surface area contributed by atoms with Crippen molar-refractivity contribution >= 4 is 5.91 Å². The summed E-state index contributed by atoms with van der Waals surface area (Å²) < 4.78 is 0. The van der Waals surface area contributed by atoms with Gasteiger partial charge in [-0.2, -0.15) is 0 Å². The molecule has 116 valence electrons. The van der Waals surface area contributed by atoms with Gasteiger partial charge in [0.05, 0.1) is 6.54 Å². The number of aliphatic hydroxyl groups excluding tert-OH is 1. The molecule has 2 fully saturated rings. The Hall–Kier alpha value is -0.610. The molecule has 2 atom stereocenters. The molecular formula is C16H30N2O2. The summed E-state index contributed by atoms with van der Waals surface area (Å²) >= 11 is 0. The first-order valence-electron chi connectivity index (χ1n) is 8.35. The number of aliphatic hydroxyl groups is 1. The van der Waals surface area contributed by atoms with E-state index in [1.54, 1.807) is 0 Å². The predicted octanol–water partition coefficient (Wildman–Crippen LogP) is 1.92. The van der Waals surface area contributed by atoms with Crippen LogP contribution in [0.2, 0.25) is 0 Å². The Morgan fingerprint density at radius 3 is 2.55 bits per heavy atom. The second-order valence-electron chi connectivity index (χ2n) is 6.57. The first kappa shape index (κ1) is 15.8. The molecule has 0 aromatic heterocycles. The zero-order valence-electron chi connectivity index (χ0n) is 12.8. The summed E-state index contributed by atoms with van der Waals surface area (Å²) in [5.74, 6) is 0.788. The molecule has 2 unspecified atom stereocenters. The van der Waals surface area contributed by atoms with Crippen LogP contribution in [0.25, 0.3) is 0 Å². The maximum Gasteiger partial charge on any atom is 0.234 e. The average molecular weight is 282 g/mol. The Morgan fingerprint density at radius 1 is 1.20 bits per heavy atom. The molecule has 2 rings (SSSR count). The second-order valence-corrected chi connectivity index (χ2v) is 6.57. The first-order chi connectivity index (χ1) is 9.70. The number of rotatable bonds is 7. The Morgan fingerprint density at radius 2 is 1.95 bits per heavy atom. The Bertz CT molecular complexity index is 305. The zero-order chi connectivity index (χ0) is 14.4. The van der Waals surface area contributed by atoms with Crippen LogP contribution in [0.3, 0.4) is 0 Å². The van der Waals surface area contributed by atoms with Gasteiger partial charge in [-0.15, -0.1) is 0 Å². The van der Waals surface area contributed by atoms with Crippen LogP contribution in [0.15, 0.2) is 0 Å². The van der Waals surface area contributed by atoms with Gasteiger partial charge < -0.3 is 10.4 Å². The van der Waals surface area contributed by atoms with E-state index in [1.807, 2.05) is 0 Å². The largest absolute Gasteiger partial charge is 0.396 e. The minimum absolute atomic E-state index is 0.175. The van der Waals surface area contributed by atoms with E-state index in [0.717, 1.165) is 19.4 Å². The van der Waals surface area contributed by atoms with E-state index >= 15 is 0 Å². The van der Waals surface area contributed by atoms with Crippen LogP contribution < -0.4 is 5.32 Å². The van der Waals surface area contributed by atoms with Crippen LogP contribution >= 0.6 is 0 Å². The number of carbonyl (C=O) groups excluding carboxylic acids is 1. The van der Waals surface area contributed by atoms with Crippen LogP contribution in [0.4, 0.5) is 0 Å². The molecule has 0 spiro atoms. The predicted molar refractivity (Wildman–Crippen MR) is 80.5 cm³/mol. The van der Waals surface area contributed by atoms with Gasteiger partial charge >= 0.3 is 0 Å². The topological polar surface area (TPSA) is 52.6 Å². The fraction of sp³-hybridized carbons (Fsp3) is 0.938. The van der Waals surface area contributed by atoms with Crippen LogP contribution in [-0.2, 0) is 4.79 Å². The third-order valence-electron chi connectivity index (χ3n) is 5.00. The lowest BCUT2D eigenvalue weighted by Gasteiger charge is -2.38. The number of hydrogen-bond acceptors (Lipinski definition) is 3. The van der Waals surface area contributed by atoms with E-state index in [-0.39, 0.29) is 12.5 Å². The number of nitrogens with zero attached hydrogens (tertiary/aromatic N) is 1. The van der Waals surface area contributed by atoms with Gasteiger partial charge in [0.25, 0.3) is 0 Å². The maximum absolute atomic E-state index is 12.3. The first-order valence-corrected chi connectivity index (χ1v) is 8.35. The fourth-order valence-electron chi connectivity index (χ4n) is 3.38. The van der Waals surface area contributed by atoms with Crippen LogP contribution in [0.5, 0.6) is 0 Å². The van der Waals surface area contributed by atoms with E-state index in [4.69, 9.17) is 5.11 Å². The molecule has 0 aliphatic heterocycles. The van der Waals surface area contributed by atoms with Gasteiger partial charge in [0.1, 0.15) is 0 Å². The quantitative estimate of drug-likeness (QED) is 0.750. The lowest BCUT2D eigenvalue weighted by molar-refractivity contribution is -0.124. The lowest BCUT2D eigenvalue weighted by Crippen LogP contribution is -2.49.